The van der Waals surface area contributed by atoms with Gasteiger partial charge in [-0.25, -0.2) is 0 Å². The van der Waals surface area contributed by atoms with Crippen molar-refractivity contribution in [2.75, 3.05) is 39.5 Å². The first-order valence-corrected chi connectivity index (χ1v) is 6.54. The maximum atomic E-state index is 9.84. The van der Waals surface area contributed by atoms with Gasteiger partial charge in [-0.1, -0.05) is 17.7 Å². The van der Waals surface area contributed by atoms with Crippen LogP contribution in [0.1, 0.15) is 0 Å². The van der Waals surface area contributed by atoms with Crippen LogP contribution >= 0.6 is 11.6 Å². The highest BCUT2D eigenvalue weighted by atomic mass is 35.5. The Morgan fingerprint density at radius 2 is 1.89 bits per heavy atom. The monoisotopic (exact) mass is 289 g/mol. The van der Waals surface area contributed by atoms with Crippen LogP contribution in [0, 0.1) is 0 Å². The fraction of sp³-hybridized carbons (Fsp3) is 0.538. The lowest BCUT2D eigenvalue weighted by atomic mass is 10.3. The Morgan fingerprint density at radius 3 is 2.47 bits per heavy atom. The second kappa shape index (κ2) is 9.12. The number of benzene rings is 1. The highest BCUT2D eigenvalue weighted by Gasteiger charge is 2.11. The largest absolute Gasteiger partial charge is 0.491 e. The van der Waals surface area contributed by atoms with Crippen LogP contribution in [0.3, 0.4) is 0 Å². The molecule has 0 saturated heterocycles. The molecule has 0 saturated carbocycles. The molecule has 0 aliphatic heterocycles. The molecule has 0 aliphatic carbocycles. The number of ether oxygens (including phenoxy) is 1. The predicted octanol–water partition coefficient (Wildman–Crippen LogP) is 0.366. The Labute approximate surface area is 118 Å². The highest BCUT2D eigenvalue weighted by molar-refractivity contribution is 6.30. The summed E-state index contributed by atoms with van der Waals surface area (Å²) in [6.07, 6.45) is -0.697. The first-order valence-electron chi connectivity index (χ1n) is 6.16. The van der Waals surface area contributed by atoms with E-state index in [2.05, 4.69) is 0 Å². The molecule has 0 bridgehead atoms. The maximum Gasteiger partial charge on any atom is 0.120 e. The predicted molar refractivity (Wildman–Crippen MR) is 73.6 cm³/mol. The summed E-state index contributed by atoms with van der Waals surface area (Å²) in [5.41, 5.74) is 0. The smallest absolute Gasteiger partial charge is 0.120 e. The Kier molecular flexibility index (Phi) is 7.78. The van der Waals surface area contributed by atoms with E-state index in [9.17, 15) is 5.11 Å². The van der Waals surface area contributed by atoms with E-state index >= 15 is 0 Å². The molecule has 3 N–H and O–H groups in total. The van der Waals surface area contributed by atoms with Gasteiger partial charge in [0.1, 0.15) is 18.5 Å². The van der Waals surface area contributed by atoms with Crippen molar-refractivity contribution in [3.05, 3.63) is 29.3 Å². The first-order chi connectivity index (χ1) is 9.15. The zero-order valence-corrected chi connectivity index (χ0v) is 11.5. The molecule has 0 radical (unpaired) electrons. The van der Waals surface area contributed by atoms with E-state index in [1.165, 1.54) is 0 Å². The lowest BCUT2D eigenvalue weighted by Crippen LogP contribution is -2.38. The molecule has 0 fully saturated rings. The zero-order valence-electron chi connectivity index (χ0n) is 10.7. The SMILES string of the molecule is OCCN(CCO)CC(O)COc1cccc(Cl)c1. The summed E-state index contributed by atoms with van der Waals surface area (Å²) in [5.74, 6) is 0.599. The normalized spacial score (nSPS) is 12.7. The van der Waals surface area contributed by atoms with Crippen LogP contribution < -0.4 is 4.74 Å². The van der Waals surface area contributed by atoms with Crippen molar-refractivity contribution in [2.45, 2.75) is 6.10 Å². The minimum Gasteiger partial charge on any atom is -0.491 e. The molecule has 1 unspecified atom stereocenters. The second-order valence-corrected chi connectivity index (χ2v) is 4.61. The van der Waals surface area contributed by atoms with Crippen LogP contribution in [0.4, 0.5) is 0 Å². The minimum atomic E-state index is -0.697. The molecule has 108 valence electrons. The number of hydrogen-bond donors (Lipinski definition) is 3. The van der Waals surface area contributed by atoms with Crippen molar-refractivity contribution in [3.8, 4) is 5.75 Å². The van der Waals surface area contributed by atoms with Gasteiger partial charge in [-0.3, -0.25) is 4.90 Å². The van der Waals surface area contributed by atoms with Gasteiger partial charge >= 0.3 is 0 Å². The van der Waals surface area contributed by atoms with Gasteiger partial charge in [-0.2, -0.15) is 0 Å². The van der Waals surface area contributed by atoms with E-state index < -0.39 is 6.10 Å². The van der Waals surface area contributed by atoms with Gasteiger partial charge in [0.15, 0.2) is 0 Å². The number of aliphatic hydroxyl groups is 3. The highest BCUT2D eigenvalue weighted by Crippen LogP contribution is 2.17. The molecule has 1 aromatic rings. The van der Waals surface area contributed by atoms with Crippen LogP contribution in [0.2, 0.25) is 5.02 Å². The molecule has 0 aliphatic rings. The Hall–Kier alpha value is -0.850. The maximum absolute atomic E-state index is 9.84. The summed E-state index contributed by atoms with van der Waals surface area (Å²) < 4.78 is 5.42. The van der Waals surface area contributed by atoms with Gasteiger partial charge in [0, 0.05) is 24.7 Å². The van der Waals surface area contributed by atoms with Gasteiger partial charge in [-0.15, -0.1) is 0 Å². The summed E-state index contributed by atoms with van der Waals surface area (Å²) >= 11 is 5.82. The van der Waals surface area contributed by atoms with Crippen molar-refractivity contribution in [1.82, 2.24) is 4.90 Å². The molecule has 1 rings (SSSR count). The fourth-order valence-electron chi connectivity index (χ4n) is 1.68. The van der Waals surface area contributed by atoms with Crippen LogP contribution in [0.5, 0.6) is 5.75 Å². The number of hydrogen-bond acceptors (Lipinski definition) is 5. The van der Waals surface area contributed by atoms with Crippen LogP contribution in [0.25, 0.3) is 0 Å². The number of nitrogens with zero attached hydrogens (tertiary/aromatic N) is 1. The summed E-state index contributed by atoms with van der Waals surface area (Å²) in [5, 5.41) is 28.1. The number of rotatable bonds is 9. The molecule has 5 nitrogen and oxygen atoms in total. The fourth-order valence-corrected chi connectivity index (χ4v) is 1.86. The summed E-state index contributed by atoms with van der Waals surface area (Å²) in [6, 6.07) is 6.95. The average molecular weight is 290 g/mol. The Morgan fingerprint density at radius 1 is 1.21 bits per heavy atom. The number of aliphatic hydroxyl groups excluding tert-OH is 3. The van der Waals surface area contributed by atoms with Gasteiger partial charge in [0.2, 0.25) is 0 Å². The van der Waals surface area contributed by atoms with Crippen molar-refractivity contribution in [3.63, 3.8) is 0 Å². The Bertz CT molecular complexity index is 358. The molecule has 0 heterocycles. The van der Waals surface area contributed by atoms with Crippen LogP contribution in [-0.2, 0) is 0 Å². The lowest BCUT2D eigenvalue weighted by Gasteiger charge is -2.23. The van der Waals surface area contributed by atoms with Crippen molar-refractivity contribution in [2.24, 2.45) is 0 Å². The molecular weight excluding hydrogens is 270 g/mol. The molecular formula is C13H20ClNO4. The molecule has 0 amide bonds. The molecule has 0 spiro atoms. The minimum absolute atomic E-state index is 0.0120. The van der Waals surface area contributed by atoms with Crippen LogP contribution in [0.15, 0.2) is 24.3 Å². The topological polar surface area (TPSA) is 73.2 Å². The Balaban J connectivity index is 2.35. The third kappa shape index (κ3) is 6.75. The number of halogens is 1. The second-order valence-electron chi connectivity index (χ2n) is 4.17. The van der Waals surface area contributed by atoms with Crippen molar-refractivity contribution >= 4 is 11.6 Å². The van der Waals surface area contributed by atoms with E-state index in [1.807, 2.05) is 0 Å². The third-order valence-electron chi connectivity index (χ3n) is 2.54. The van der Waals surface area contributed by atoms with Gasteiger partial charge in [0.25, 0.3) is 0 Å². The summed E-state index contributed by atoms with van der Waals surface area (Å²) in [7, 11) is 0. The quantitative estimate of drug-likeness (QED) is 0.612. The molecule has 0 aromatic heterocycles. The van der Waals surface area contributed by atoms with Gasteiger partial charge in [-0.05, 0) is 18.2 Å². The van der Waals surface area contributed by atoms with Crippen molar-refractivity contribution in [1.29, 1.82) is 0 Å². The third-order valence-corrected chi connectivity index (χ3v) is 2.77. The summed E-state index contributed by atoms with van der Waals surface area (Å²) in [4.78, 5) is 1.77. The van der Waals surface area contributed by atoms with E-state index in [4.69, 9.17) is 26.6 Å². The van der Waals surface area contributed by atoms with Crippen LogP contribution in [-0.4, -0.2) is 65.8 Å². The summed E-state index contributed by atoms with van der Waals surface area (Å²) in [6.45, 7) is 1.27. The molecule has 1 atom stereocenters. The van der Waals surface area contributed by atoms with E-state index in [0.29, 0.717) is 30.4 Å². The van der Waals surface area contributed by atoms with E-state index in [0.717, 1.165) is 0 Å². The lowest BCUT2D eigenvalue weighted by molar-refractivity contribution is 0.0552. The molecule has 1 aromatic carbocycles. The first kappa shape index (κ1) is 16.2. The molecule has 6 heteroatoms. The van der Waals surface area contributed by atoms with E-state index in [1.54, 1.807) is 29.2 Å². The average Bonchev–Trinajstić information content (AvgIpc) is 2.37. The van der Waals surface area contributed by atoms with Gasteiger partial charge in [0.05, 0.1) is 13.2 Å². The zero-order chi connectivity index (χ0) is 14.1. The standard InChI is InChI=1S/C13H20ClNO4/c14-11-2-1-3-13(8-11)19-10-12(18)9-15(4-6-16)5-7-17/h1-3,8,12,16-18H,4-7,9-10H2. The molecule has 19 heavy (non-hydrogen) atoms. The van der Waals surface area contributed by atoms with Crippen molar-refractivity contribution < 1.29 is 20.1 Å². The van der Waals surface area contributed by atoms with Gasteiger partial charge < -0.3 is 20.1 Å². The van der Waals surface area contributed by atoms with E-state index in [-0.39, 0.29) is 19.8 Å².